The number of amides is 2. The molecule has 0 aliphatic rings. The number of rotatable bonds is 6. The van der Waals surface area contributed by atoms with Crippen molar-refractivity contribution in [2.45, 2.75) is 18.7 Å². The zero-order valence-electron chi connectivity index (χ0n) is 12.6. The summed E-state index contributed by atoms with van der Waals surface area (Å²) in [5.41, 5.74) is -0.761. The lowest BCUT2D eigenvalue weighted by Gasteiger charge is -2.15. The number of carbonyl (C=O) groups is 1. The number of carbonyl (C=O) groups excluding carboxylic acids is 1. The lowest BCUT2D eigenvalue weighted by molar-refractivity contribution is -0.137. The Bertz CT molecular complexity index is 657. The molecule has 1 atom stereocenters. The Morgan fingerprint density at radius 2 is 2.00 bits per heavy atom. The first-order valence-electron chi connectivity index (χ1n) is 7.25. The first kappa shape index (κ1) is 17.9. The number of halogens is 3. The highest BCUT2D eigenvalue weighted by Gasteiger charge is 2.30. The summed E-state index contributed by atoms with van der Waals surface area (Å²) in [5, 5.41) is 14.9. The summed E-state index contributed by atoms with van der Waals surface area (Å²) in [6, 6.07) is 7.36. The molecule has 0 saturated carbocycles. The summed E-state index contributed by atoms with van der Waals surface area (Å²) in [5.74, 6) is 0.722. The fourth-order valence-electron chi connectivity index (χ4n) is 2.05. The van der Waals surface area contributed by atoms with Gasteiger partial charge >= 0.3 is 12.2 Å². The summed E-state index contributed by atoms with van der Waals surface area (Å²) in [6.45, 7) is 0.132. The highest BCUT2D eigenvalue weighted by molar-refractivity contribution is 5.73. The number of hydrogen-bond acceptors (Lipinski definition) is 3. The Morgan fingerprint density at radius 3 is 2.67 bits per heavy atom. The maximum Gasteiger partial charge on any atom is 0.416 e. The summed E-state index contributed by atoms with van der Waals surface area (Å²) in [4.78, 5) is 11.6. The van der Waals surface area contributed by atoms with Gasteiger partial charge in [0.15, 0.2) is 0 Å². The molecule has 0 aliphatic heterocycles. The molecule has 8 heteroatoms. The van der Waals surface area contributed by atoms with Crippen molar-refractivity contribution in [2.24, 2.45) is 0 Å². The van der Waals surface area contributed by atoms with Crippen LogP contribution in [0.3, 0.4) is 0 Å². The van der Waals surface area contributed by atoms with Crippen LogP contribution in [0.25, 0.3) is 0 Å². The van der Waals surface area contributed by atoms with E-state index in [1.165, 1.54) is 18.4 Å². The lowest BCUT2D eigenvalue weighted by Crippen LogP contribution is -2.38. The molecule has 1 aromatic heterocycles. The topological polar surface area (TPSA) is 74.5 Å². The third-order valence-corrected chi connectivity index (χ3v) is 3.29. The molecule has 0 spiro atoms. The number of alkyl halides is 3. The van der Waals surface area contributed by atoms with E-state index < -0.39 is 23.9 Å². The first-order valence-corrected chi connectivity index (χ1v) is 7.25. The van der Waals surface area contributed by atoms with E-state index in [0.717, 1.165) is 17.9 Å². The Kier molecular flexibility index (Phi) is 5.86. The minimum absolute atomic E-state index is 0.0840. The smallest absolute Gasteiger partial charge is 0.416 e. The molecule has 0 bridgehead atoms. The normalized spacial score (nSPS) is 12.7. The number of nitrogens with one attached hydrogen (secondary N) is 2. The van der Waals surface area contributed by atoms with E-state index in [0.29, 0.717) is 13.0 Å². The second-order valence-electron chi connectivity index (χ2n) is 5.11. The largest absolute Gasteiger partial charge is 0.469 e. The molecule has 1 aromatic carbocycles. The fraction of sp³-hybridized carbons (Fsp3) is 0.312. The van der Waals surface area contributed by atoms with E-state index in [-0.39, 0.29) is 12.1 Å². The van der Waals surface area contributed by atoms with Crippen LogP contribution in [0.4, 0.5) is 18.0 Å². The van der Waals surface area contributed by atoms with E-state index in [9.17, 15) is 23.1 Å². The molecule has 130 valence electrons. The maximum absolute atomic E-state index is 12.6. The van der Waals surface area contributed by atoms with Gasteiger partial charge in [-0.2, -0.15) is 13.2 Å². The standard InChI is InChI=1S/C16H17F3N2O3/c17-16(18,19)12-4-1-3-11(9-12)14(22)10-21-15(23)20-7-6-13-5-2-8-24-13/h1-5,8-9,14,22H,6-7,10H2,(H2,20,21,23)/t14-/m0/s1. The molecule has 24 heavy (non-hydrogen) atoms. The van der Waals surface area contributed by atoms with E-state index in [1.807, 2.05) is 0 Å². The number of hydrogen-bond donors (Lipinski definition) is 3. The van der Waals surface area contributed by atoms with Gasteiger partial charge < -0.3 is 20.2 Å². The molecule has 0 radical (unpaired) electrons. The van der Waals surface area contributed by atoms with Gasteiger partial charge in [-0.05, 0) is 29.8 Å². The molecule has 2 rings (SSSR count). The van der Waals surface area contributed by atoms with Crippen LogP contribution in [0.15, 0.2) is 47.1 Å². The summed E-state index contributed by atoms with van der Waals surface area (Å²) >= 11 is 0. The van der Waals surface area contributed by atoms with Crippen LogP contribution in [0.5, 0.6) is 0 Å². The van der Waals surface area contributed by atoms with Crippen molar-refractivity contribution in [3.8, 4) is 0 Å². The van der Waals surface area contributed by atoms with Crippen molar-refractivity contribution in [2.75, 3.05) is 13.1 Å². The number of benzene rings is 1. The molecule has 2 aromatic rings. The summed E-state index contributed by atoms with van der Waals surface area (Å²) < 4.78 is 43.0. The maximum atomic E-state index is 12.6. The van der Waals surface area contributed by atoms with Gasteiger partial charge in [0.25, 0.3) is 0 Å². The van der Waals surface area contributed by atoms with Crippen LogP contribution < -0.4 is 10.6 Å². The van der Waals surface area contributed by atoms with Crippen LogP contribution in [0.2, 0.25) is 0 Å². The molecular formula is C16H17F3N2O3. The van der Waals surface area contributed by atoms with E-state index in [1.54, 1.807) is 12.1 Å². The fourth-order valence-corrected chi connectivity index (χ4v) is 2.05. The molecule has 1 heterocycles. The number of furan rings is 1. The van der Waals surface area contributed by atoms with Crippen LogP contribution in [-0.4, -0.2) is 24.2 Å². The van der Waals surface area contributed by atoms with Gasteiger partial charge in [0.2, 0.25) is 0 Å². The summed E-state index contributed by atoms with van der Waals surface area (Å²) in [6.07, 6.45) is -3.67. The van der Waals surface area contributed by atoms with E-state index in [2.05, 4.69) is 10.6 Å². The van der Waals surface area contributed by atoms with Crippen LogP contribution in [-0.2, 0) is 12.6 Å². The van der Waals surface area contributed by atoms with Crippen molar-refractivity contribution in [3.05, 3.63) is 59.5 Å². The molecule has 0 unspecified atom stereocenters. The van der Waals surface area contributed by atoms with Crippen molar-refractivity contribution in [3.63, 3.8) is 0 Å². The van der Waals surface area contributed by atoms with Gasteiger partial charge in [0.1, 0.15) is 5.76 Å². The zero-order valence-corrected chi connectivity index (χ0v) is 12.6. The van der Waals surface area contributed by atoms with Gasteiger partial charge in [-0.3, -0.25) is 0 Å². The van der Waals surface area contributed by atoms with Gasteiger partial charge in [-0.15, -0.1) is 0 Å². The molecule has 5 nitrogen and oxygen atoms in total. The third-order valence-electron chi connectivity index (χ3n) is 3.29. The second kappa shape index (κ2) is 7.87. The average molecular weight is 342 g/mol. The Hall–Kier alpha value is -2.48. The second-order valence-corrected chi connectivity index (χ2v) is 5.11. The lowest BCUT2D eigenvalue weighted by atomic mass is 10.1. The van der Waals surface area contributed by atoms with Gasteiger partial charge in [0.05, 0.1) is 17.9 Å². The Morgan fingerprint density at radius 1 is 1.21 bits per heavy atom. The predicted molar refractivity (Wildman–Crippen MR) is 80.2 cm³/mol. The first-order chi connectivity index (χ1) is 11.4. The third kappa shape index (κ3) is 5.31. The molecule has 0 aliphatic carbocycles. The monoisotopic (exact) mass is 342 g/mol. The molecule has 3 N–H and O–H groups in total. The number of aliphatic hydroxyl groups excluding tert-OH is 1. The number of urea groups is 1. The zero-order chi connectivity index (χ0) is 17.6. The molecular weight excluding hydrogens is 325 g/mol. The highest BCUT2D eigenvalue weighted by atomic mass is 19.4. The predicted octanol–water partition coefficient (Wildman–Crippen LogP) is 2.87. The minimum Gasteiger partial charge on any atom is -0.469 e. The summed E-state index contributed by atoms with van der Waals surface area (Å²) in [7, 11) is 0. The number of aliphatic hydroxyl groups is 1. The van der Waals surface area contributed by atoms with Crippen LogP contribution in [0.1, 0.15) is 23.0 Å². The van der Waals surface area contributed by atoms with Crippen molar-refractivity contribution in [1.82, 2.24) is 10.6 Å². The van der Waals surface area contributed by atoms with Crippen molar-refractivity contribution >= 4 is 6.03 Å². The molecule has 0 saturated heterocycles. The van der Waals surface area contributed by atoms with Crippen LogP contribution >= 0.6 is 0 Å². The van der Waals surface area contributed by atoms with Crippen molar-refractivity contribution in [1.29, 1.82) is 0 Å². The molecule has 2 amide bonds. The van der Waals surface area contributed by atoms with Crippen molar-refractivity contribution < 1.29 is 27.5 Å². The van der Waals surface area contributed by atoms with Crippen LogP contribution in [0, 0.1) is 0 Å². The Labute approximate surface area is 136 Å². The quantitative estimate of drug-likeness (QED) is 0.756. The van der Waals surface area contributed by atoms with Gasteiger partial charge in [-0.1, -0.05) is 12.1 Å². The van der Waals surface area contributed by atoms with E-state index >= 15 is 0 Å². The highest BCUT2D eigenvalue weighted by Crippen LogP contribution is 2.30. The average Bonchev–Trinajstić information content (AvgIpc) is 3.05. The van der Waals surface area contributed by atoms with Gasteiger partial charge in [-0.25, -0.2) is 4.79 Å². The Balaban J connectivity index is 1.78. The minimum atomic E-state index is -4.48. The SMILES string of the molecule is O=C(NCCc1ccco1)NC[C@H](O)c1cccc(C(F)(F)F)c1. The van der Waals surface area contributed by atoms with Gasteiger partial charge in [0, 0.05) is 19.5 Å². The molecule has 0 fully saturated rings. The van der Waals surface area contributed by atoms with E-state index in [4.69, 9.17) is 4.42 Å².